The fraction of sp³-hybridized carbons (Fsp3) is 0.333. The van der Waals surface area contributed by atoms with Crippen LogP contribution in [0.2, 0.25) is 0 Å². The Balaban J connectivity index is 1.29. The van der Waals surface area contributed by atoms with E-state index in [-0.39, 0.29) is 52.8 Å². The maximum absolute atomic E-state index is 13.8. The lowest BCUT2D eigenvalue weighted by Gasteiger charge is -2.27. The number of carbonyl (C=O) groups excluding carboxylic acids is 3. The number of rotatable bonds is 7. The normalized spacial score (nSPS) is 19.2. The molecule has 13 nitrogen and oxygen atoms in total. The summed E-state index contributed by atoms with van der Waals surface area (Å²) in [6.45, 7) is 3.21. The Bertz CT molecular complexity index is 1780. The van der Waals surface area contributed by atoms with Gasteiger partial charge in [0.1, 0.15) is 29.6 Å². The van der Waals surface area contributed by atoms with Crippen molar-refractivity contribution in [2.75, 3.05) is 11.9 Å². The number of nitrogens with two attached hydrogens (primary N) is 1. The van der Waals surface area contributed by atoms with Gasteiger partial charge in [0.15, 0.2) is 17.3 Å². The summed E-state index contributed by atoms with van der Waals surface area (Å²) in [6, 6.07) is 2.17. The van der Waals surface area contributed by atoms with Crippen LogP contribution in [0.3, 0.4) is 0 Å². The molecule has 1 saturated heterocycles. The highest BCUT2D eigenvalue weighted by molar-refractivity contribution is 9.10. The molecule has 1 aliphatic carbocycles. The van der Waals surface area contributed by atoms with Gasteiger partial charge >= 0.3 is 0 Å². The Kier molecular flexibility index (Phi) is 6.93. The molecule has 0 spiro atoms. The van der Waals surface area contributed by atoms with E-state index in [9.17, 15) is 23.9 Å². The monoisotopic (exact) mass is 637 g/mol. The summed E-state index contributed by atoms with van der Waals surface area (Å²) in [5, 5.41) is 16.7. The van der Waals surface area contributed by atoms with Crippen LogP contribution in [-0.4, -0.2) is 70.0 Å². The number of piperidine rings is 1. The number of likely N-dealkylation sites (tertiary alicyclic amines) is 1. The number of amides is 3. The average Bonchev–Trinajstić information content (AvgIpc) is 3.45. The number of hydrogen-bond donors (Lipinski definition) is 3. The predicted octanol–water partition coefficient (Wildman–Crippen LogP) is 1.88. The summed E-state index contributed by atoms with van der Waals surface area (Å²) in [4.78, 5) is 57.7. The molecule has 42 heavy (non-hydrogen) atoms. The average molecular weight is 638 g/mol. The number of aliphatic hydroxyl groups is 1. The Hall–Kier alpha value is -4.37. The summed E-state index contributed by atoms with van der Waals surface area (Å²) < 4.78 is 15.2. The maximum Gasteiger partial charge on any atom is 0.269 e. The van der Waals surface area contributed by atoms with E-state index in [0.29, 0.717) is 40.0 Å². The number of carbonyl (C=O) groups is 3. The fourth-order valence-electron chi connectivity index (χ4n) is 5.56. The van der Waals surface area contributed by atoms with Crippen molar-refractivity contribution in [3.63, 3.8) is 0 Å². The van der Waals surface area contributed by atoms with Gasteiger partial charge in [-0.05, 0) is 65.7 Å². The van der Waals surface area contributed by atoms with E-state index in [0.717, 1.165) is 6.42 Å². The molecule has 4 N–H and O–H groups in total. The Morgan fingerprint density at radius 3 is 2.62 bits per heavy atom. The smallest absolute Gasteiger partial charge is 0.269 e. The van der Waals surface area contributed by atoms with Gasteiger partial charge in [-0.1, -0.05) is 0 Å². The minimum atomic E-state index is -0.775. The van der Waals surface area contributed by atoms with Crippen LogP contribution >= 0.6 is 15.9 Å². The number of hydrogen-bond acceptors (Lipinski definition) is 9. The number of nitrogens with one attached hydrogen (secondary N) is 1. The Morgan fingerprint density at radius 1 is 1.19 bits per heavy atom. The van der Waals surface area contributed by atoms with Crippen LogP contribution in [0.4, 0.5) is 10.2 Å². The number of primary amides is 1. The SMILES string of the molecule is Cc1cc(F)c(Br)nc1NC(=O)[C@@H]1[C@@H]2C[C@@H]2CN1C(=O)Cn1nc(C(N)=O)c2cc(-c3cnc(CO)nc3)nc(C)c21. The van der Waals surface area contributed by atoms with Crippen LogP contribution in [0.25, 0.3) is 22.2 Å². The third-order valence-electron chi connectivity index (χ3n) is 7.67. The van der Waals surface area contributed by atoms with E-state index in [1.807, 2.05) is 0 Å². The number of aromatic nitrogens is 6. The van der Waals surface area contributed by atoms with Gasteiger partial charge in [-0.3, -0.25) is 24.0 Å². The number of aliphatic hydroxyl groups excluding tert-OH is 1. The van der Waals surface area contributed by atoms with E-state index < -0.39 is 23.7 Å². The summed E-state index contributed by atoms with van der Waals surface area (Å²) in [5.74, 6) is -1.39. The van der Waals surface area contributed by atoms with Crippen LogP contribution in [0.1, 0.15) is 34.0 Å². The van der Waals surface area contributed by atoms with E-state index in [1.165, 1.54) is 28.0 Å². The second-order valence-electron chi connectivity index (χ2n) is 10.5. The first-order valence-corrected chi connectivity index (χ1v) is 13.9. The van der Waals surface area contributed by atoms with Crippen LogP contribution in [0.15, 0.2) is 29.1 Å². The van der Waals surface area contributed by atoms with Gasteiger partial charge in [-0.25, -0.2) is 19.3 Å². The maximum atomic E-state index is 13.8. The standard InChI is InChI=1S/C27H25BrFN9O4/c1-11-3-17(29)24(28)34-26(11)35-27(42)23-15-4-13(15)8-37(23)20(40)9-38-22-12(2)33-18(5-16(22)21(36-38)25(30)41)14-6-31-19(10-39)32-7-14/h3,5-7,13,15,23,39H,4,8-10H2,1-2H3,(H2,30,41)(H,34,35,42)/t13-,15-,23+/m1/s1. The van der Waals surface area contributed by atoms with Gasteiger partial charge in [0.05, 0.1) is 16.9 Å². The highest BCUT2D eigenvalue weighted by Gasteiger charge is 2.56. The van der Waals surface area contributed by atoms with Gasteiger partial charge in [0.2, 0.25) is 11.8 Å². The lowest BCUT2D eigenvalue weighted by molar-refractivity contribution is -0.138. The van der Waals surface area contributed by atoms with E-state index in [4.69, 9.17) is 5.73 Å². The third-order valence-corrected chi connectivity index (χ3v) is 8.22. The van der Waals surface area contributed by atoms with E-state index in [2.05, 4.69) is 46.3 Å². The summed E-state index contributed by atoms with van der Waals surface area (Å²) in [7, 11) is 0. The predicted molar refractivity (Wildman–Crippen MR) is 150 cm³/mol. The van der Waals surface area contributed by atoms with E-state index in [1.54, 1.807) is 19.9 Å². The molecule has 0 aromatic carbocycles. The first-order valence-electron chi connectivity index (χ1n) is 13.1. The van der Waals surface area contributed by atoms with Crippen molar-refractivity contribution in [3.8, 4) is 11.3 Å². The highest BCUT2D eigenvalue weighted by Crippen LogP contribution is 2.50. The lowest BCUT2D eigenvalue weighted by Crippen LogP contribution is -2.47. The first kappa shape index (κ1) is 27.8. The number of fused-ring (bicyclic) bond motifs is 2. The lowest BCUT2D eigenvalue weighted by atomic mass is 10.1. The van der Waals surface area contributed by atoms with Crippen LogP contribution in [0.5, 0.6) is 0 Å². The molecule has 1 aliphatic heterocycles. The van der Waals surface area contributed by atoms with Gasteiger partial charge in [-0.2, -0.15) is 5.10 Å². The number of pyridine rings is 2. The van der Waals surface area contributed by atoms with Crippen LogP contribution in [-0.2, 0) is 22.7 Å². The van der Waals surface area contributed by atoms with Gasteiger partial charge in [-0.15, -0.1) is 0 Å². The minimum absolute atomic E-state index is 0.0130. The number of anilines is 1. The quantitative estimate of drug-likeness (QED) is 0.255. The third kappa shape index (κ3) is 4.87. The molecule has 3 atom stereocenters. The summed E-state index contributed by atoms with van der Waals surface area (Å²) in [6.07, 6.45) is 3.85. The molecule has 1 saturated carbocycles. The summed E-state index contributed by atoms with van der Waals surface area (Å²) >= 11 is 3.04. The van der Waals surface area contributed by atoms with Crippen molar-refractivity contribution in [2.45, 2.75) is 39.5 Å². The molecule has 2 fully saturated rings. The van der Waals surface area contributed by atoms with Crippen molar-refractivity contribution >= 4 is 50.4 Å². The molecule has 0 radical (unpaired) electrons. The molecule has 216 valence electrons. The number of aryl methyl sites for hydroxylation is 2. The van der Waals surface area contributed by atoms with Crippen molar-refractivity contribution in [2.24, 2.45) is 17.6 Å². The van der Waals surface area contributed by atoms with Crippen molar-refractivity contribution < 1.29 is 23.9 Å². The Labute approximate surface area is 246 Å². The molecule has 3 amide bonds. The molecular formula is C27H25BrFN9O4. The molecular weight excluding hydrogens is 613 g/mol. The second kappa shape index (κ2) is 10.5. The van der Waals surface area contributed by atoms with Gasteiger partial charge < -0.3 is 21.1 Å². The van der Waals surface area contributed by atoms with Crippen molar-refractivity contribution in [1.82, 2.24) is 34.6 Å². The molecule has 2 aliphatic rings. The van der Waals surface area contributed by atoms with Crippen molar-refractivity contribution in [3.05, 3.63) is 57.7 Å². The summed E-state index contributed by atoms with van der Waals surface area (Å²) in [5.41, 5.74) is 8.03. The largest absolute Gasteiger partial charge is 0.388 e. The van der Waals surface area contributed by atoms with Gasteiger partial charge in [0, 0.05) is 29.9 Å². The van der Waals surface area contributed by atoms with Crippen LogP contribution in [0, 0.1) is 31.5 Å². The first-order chi connectivity index (χ1) is 20.0. The topological polar surface area (TPSA) is 182 Å². The molecule has 4 aromatic heterocycles. The Morgan fingerprint density at radius 2 is 1.93 bits per heavy atom. The zero-order chi connectivity index (χ0) is 29.9. The van der Waals surface area contributed by atoms with Gasteiger partial charge in [0.25, 0.3) is 5.91 Å². The molecule has 6 rings (SSSR count). The number of nitrogens with zero attached hydrogens (tertiary/aromatic N) is 7. The molecule has 4 aromatic rings. The fourth-order valence-corrected chi connectivity index (χ4v) is 5.85. The zero-order valence-corrected chi connectivity index (χ0v) is 24.1. The number of halogens is 2. The molecule has 15 heteroatoms. The molecule has 0 unspecified atom stereocenters. The molecule has 5 heterocycles. The zero-order valence-electron chi connectivity index (χ0n) is 22.5. The highest BCUT2D eigenvalue weighted by atomic mass is 79.9. The second-order valence-corrected chi connectivity index (χ2v) is 11.2. The van der Waals surface area contributed by atoms with E-state index >= 15 is 0 Å². The van der Waals surface area contributed by atoms with Crippen molar-refractivity contribution in [1.29, 1.82) is 0 Å². The minimum Gasteiger partial charge on any atom is -0.388 e. The molecule has 0 bridgehead atoms. The van der Waals surface area contributed by atoms with Crippen LogP contribution < -0.4 is 11.1 Å².